The molecule has 0 aliphatic heterocycles. The Bertz CT molecular complexity index is 987. The van der Waals surface area contributed by atoms with Crippen LogP contribution in [0, 0.1) is 17.8 Å². The molecule has 0 aromatic carbocycles. The number of hydrogen-bond acceptors (Lipinski definition) is 4. The summed E-state index contributed by atoms with van der Waals surface area (Å²) in [5.74, 6) is -0.797. The van der Waals surface area contributed by atoms with Crippen molar-refractivity contribution in [1.82, 2.24) is 25.2 Å². The Morgan fingerprint density at radius 2 is 1.82 bits per heavy atom. The number of aromatic nitrogens is 3. The summed E-state index contributed by atoms with van der Waals surface area (Å²) in [5.41, 5.74) is 1.28. The molecule has 2 aliphatic carbocycles. The molecule has 0 saturated heterocycles. The molecule has 6 nitrogen and oxygen atoms in total. The molecule has 11 heteroatoms. The number of imidazole rings is 1. The van der Waals surface area contributed by atoms with Crippen LogP contribution in [0.2, 0.25) is 0 Å². The van der Waals surface area contributed by atoms with Crippen molar-refractivity contribution >= 4 is 11.6 Å². The molecule has 2 aromatic heterocycles. The van der Waals surface area contributed by atoms with Crippen molar-refractivity contribution < 1.29 is 26.7 Å². The molecule has 34 heavy (non-hydrogen) atoms. The second-order valence-corrected chi connectivity index (χ2v) is 9.82. The van der Waals surface area contributed by atoms with E-state index in [1.165, 1.54) is 42.5 Å². The average Bonchev–Trinajstić information content (AvgIpc) is 3.67. The predicted octanol–water partition coefficient (Wildman–Crippen LogP) is 4.62. The summed E-state index contributed by atoms with van der Waals surface area (Å²) in [6, 6.07) is 1.72. The summed E-state index contributed by atoms with van der Waals surface area (Å²) in [4.78, 5) is 17.1. The topological polar surface area (TPSA) is 71.3 Å². The summed E-state index contributed by atoms with van der Waals surface area (Å²) in [5, 5.41) is 9.59. The van der Waals surface area contributed by atoms with Gasteiger partial charge < -0.3 is 10.6 Å². The molecular weight excluding hydrogens is 457 g/mol. The minimum absolute atomic E-state index is 0.0251. The molecule has 2 fully saturated rings. The van der Waals surface area contributed by atoms with Crippen LogP contribution in [0.5, 0.6) is 0 Å². The molecule has 2 unspecified atom stereocenters. The molecule has 2 aliphatic rings. The number of halogens is 5. The number of nitrogens with zero attached hydrogens (tertiary/aromatic N) is 3. The van der Waals surface area contributed by atoms with E-state index in [0.717, 1.165) is 5.69 Å². The van der Waals surface area contributed by atoms with Crippen molar-refractivity contribution in [2.45, 2.75) is 76.6 Å². The highest BCUT2D eigenvalue weighted by molar-refractivity contribution is 5.83. The maximum atomic E-state index is 13.2. The molecule has 188 valence electrons. The van der Waals surface area contributed by atoms with Gasteiger partial charge >= 0.3 is 6.18 Å². The van der Waals surface area contributed by atoms with E-state index in [4.69, 9.17) is 4.98 Å². The lowest BCUT2D eigenvalue weighted by molar-refractivity contribution is -0.139. The van der Waals surface area contributed by atoms with Crippen molar-refractivity contribution in [3.05, 3.63) is 29.7 Å². The molecule has 2 heterocycles. The maximum Gasteiger partial charge on any atom is 0.405 e. The van der Waals surface area contributed by atoms with Gasteiger partial charge in [0.15, 0.2) is 5.65 Å². The molecule has 0 radical (unpaired) electrons. The van der Waals surface area contributed by atoms with Crippen molar-refractivity contribution in [2.24, 2.45) is 17.8 Å². The quantitative estimate of drug-likeness (QED) is 0.454. The van der Waals surface area contributed by atoms with E-state index in [2.05, 4.69) is 24.3 Å². The Hall–Kier alpha value is -2.30. The zero-order chi connectivity index (χ0) is 24.6. The summed E-state index contributed by atoms with van der Waals surface area (Å²) in [6.45, 7) is 2.57. The van der Waals surface area contributed by atoms with Crippen LogP contribution < -0.4 is 10.6 Å². The van der Waals surface area contributed by atoms with Gasteiger partial charge in [-0.3, -0.25) is 4.79 Å². The predicted molar refractivity (Wildman–Crippen MR) is 115 cm³/mol. The molecule has 0 spiro atoms. The number of carbonyl (C=O) groups is 1. The lowest BCUT2D eigenvalue weighted by Crippen LogP contribution is -2.37. The van der Waals surface area contributed by atoms with Gasteiger partial charge in [0, 0.05) is 12.5 Å². The van der Waals surface area contributed by atoms with E-state index in [-0.39, 0.29) is 17.6 Å². The fourth-order valence-corrected chi connectivity index (χ4v) is 4.78. The second kappa shape index (κ2) is 9.75. The Kier molecular flexibility index (Phi) is 7.12. The van der Waals surface area contributed by atoms with Crippen LogP contribution in [0.4, 0.5) is 22.0 Å². The van der Waals surface area contributed by atoms with E-state index in [9.17, 15) is 26.7 Å². The van der Waals surface area contributed by atoms with Crippen LogP contribution >= 0.6 is 0 Å². The fraction of sp³-hybridized carbons (Fsp3) is 0.696. The summed E-state index contributed by atoms with van der Waals surface area (Å²) in [7, 11) is 0. The highest BCUT2D eigenvalue weighted by Gasteiger charge is 2.46. The average molecular weight is 488 g/mol. The van der Waals surface area contributed by atoms with E-state index in [1.54, 1.807) is 5.32 Å². The smallest absolute Gasteiger partial charge is 0.346 e. The Morgan fingerprint density at radius 1 is 1.18 bits per heavy atom. The summed E-state index contributed by atoms with van der Waals surface area (Å²) < 4.78 is 65.4. The number of nitrogens with one attached hydrogen (secondary N) is 2. The lowest BCUT2D eigenvalue weighted by atomic mass is 9.87. The van der Waals surface area contributed by atoms with E-state index in [0.29, 0.717) is 23.4 Å². The third-order valence-electron chi connectivity index (χ3n) is 6.50. The van der Waals surface area contributed by atoms with Crippen LogP contribution in [0.1, 0.15) is 69.2 Å². The first-order valence-corrected chi connectivity index (χ1v) is 11.8. The highest BCUT2D eigenvalue weighted by Crippen LogP contribution is 2.54. The molecule has 2 aromatic rings. The zero-order valence-electron chi connectivity index (χ0n) is 19.2. The highest BCUT2D eigenvalue weighted by atomic mass is 19.4. The standard InChI is InChI=1S/C23H30F5N5O/c1-12(2)31-21(20(13-3-4-13)14-5-6-14)17-10-33-19(32-17)7-15(9-30-33)16(8-18(24)25)22(34)29-11-23(26,27)28/h7,9-10,12-14,16,18,20-21,31H,3-6,8,11H2,1-2H3,(H,29,34). The SMILES string of the molecule is CC(C)NC(c1cn2ncc(C(CC(F)F)C(=O)NCC(F)(F)F)cc2n1)C(C1CC1)C1CC1. The zero-order valence-corrected chi connectivity index (χ0v) is 19.2. The normalized spacial score (nSPS) is 18.8. The van der Waals surface area contributed by atoms with Gasteiger partial charge in [-0.15, -0.1) is 0 Å². The van der Waals surface area contributed by atoms with E-state index in [1.807, 2.05) is 6.20 Å². The van der Waals surface area contributed by atoms with Crippen molar-refractivity contribution in [1.29, 1.82) is 0 Å². The van der Waals surface area contributed by atoms with E-state index >= 15 is 0 Å². The van der Waals surface area contributed by atoms with Gasteiger partial charge in [0.05, 0.1) is 30.0 Å². The first-order valence-electron chi connectivity index (χ1n) is 11.8. The van der Waals surface area contributed by atoms with Crippen LogP contribution in [0.3, 0.4) is 0 Å². The minimum atomic E-state index is -4.64. The molecular formula is C23H30F5N5O. The minimum Gasteiger partial charge on any atom is -0.346 e. The Balaban J connectivity index is 1.61. The largest absolute Gasteiger partial charge is 0.405 e. The first-order chi connectivity index (χ1) is 16.0. The second-order valence-electron chi connectivity index (χ2n) is 9.82. The summed E-state index contributed by atoms with van der Waals surface area (Å²) in [6.07, 6.45) is -0.533. The van der Waals surface area contributed by atoms with Crippen molar-refractivity contribution in [2.75, 3.05) is 6.54 Å². The molecule has 4 rings (SSSR count). The monoisotopic (exact) mass is 487 g/mol. The molecule has 2 atom stereocenters. The van der Waals surface area contributed by atoms with Gasteiger partial charge in [-0.05, 0) is 55.1 Å². The third-order valence-corrected chi connectivity index (χ3v) is 6.50. The number of carbonyl (C=O) groups excluding carboxylic acids is 1. The molecule has 2 saturated carbocycles. The van der Waals surface area contributed by atoms with Crippen LogP contribution in [0.15, 0.2) is 18.5 Å². The number of amides is 1. The van der Waals surface area contributed by atoms with E-state index < -0.39 is 37.4 Å². The fourth-order valence-electron chi connectivity index (χ4n) is 4.78. The molecule has 0 bridgehead atoms. The van der Waals surface area contributed by atoms with Crippen molar-refractivity contribution in [3.8, 4) is 0 Å². The molecule has 2 N–H and O–H groups in total. The van der Waals surface area contributed by atoms with Gasteiger partial charge in [0.2, 0.25) is 12.3 Å². The third kappa shape index (κ3) is 6.22. The number of fused-ring (bicyclic) bond motifs is 1. The van der Waals surface area contributed by atoms with Crippen LogP contribution in [-0.4, -0.2) is 45.7 Å². The number of hydrogen-bond donors (Lipinski definition) is 2. The van der Waals surface area contributed by atoms with Crippen LogP contribution in [0.25, 0.3) is 5.65 Å². The molecule has 1 amide bonds. The van der Waals surface area contributed by atoms with Gasteiger partial charge in [-0.25, -0.2) is 18.3 Å². The lowest BCUT2D eigenvalue weighted by Gasteiger charge is -2.29. The van der Waals surface area contributed by atoms with Gasteiger partial charge in [0.1, 0.15) is 6.54 Å². The van der Waals surface area contributed by atoms with Gasteiger partial charge in [-0.2, -0.15) is 18.3 Å². The maximum absolute atomic E-state index is 13.2. The van der Waals surface area contributed by atoms with Crippen LogP contribution in [-0.2, 0) is 4.79 Å². The van der Waals surface area contributed by atoms with Gasteiger partial charge in [0.25, 0.3) is 0 Å². The summed E-state index contributed by atoms with van der Waals surface area (Å²) >= 11 is 0. The van der Waals surface area contributed by atoms with Crippen molar-refractivity contribution in [3.63, 3.8) is 0 Å². The Morgan fingerprint density at radius 3 is 2.35 bits per heavy atom. The first kappa shape index (κ1) is 24.8. The number of alkyl halides is 5. The number of rotatable bonds is 11. The Labute approximate surface area is 194 Å². The van der Waals surface area contributed by atoms with Gasteiger partial charge in [-0.1, -0.05) is 13.8 Å².